The maximum absolute atomic E-state index is 12.6. The number of benzene rings is 3. The molecule has 32 heavy (non-hydrogen) atoms. The molecule has 3 aromatic rings. The Morgan fingerprint density at radius 3 is 2.44 bits per heavy atom. The van der Waals surface area contributed by atoms with E-state index in [1.807, 2.05) is 66.7 Å². The Labute approximate surface area is 186 Å². The molecule has 0 amide bonds. The number of ketones is 1. The van der Waals surface area contributed by atoms with Crippen molar-refractivity contribution < 1.29 is 23.8 Å². The van der Waals surface area contributed by atoms with E-state index >= 15 is 0 Å². The Bertz CT molecular complexity index is 1180. The van der Waals surface area contributed by atoms with Crippen molar-refractivity contribution in [2.75, 3.05) is 6.61 Å². The van der Waals surface area contributed by atoms with Gasteiger partial charge in [0.25, 0.3) is 0 Å². The van der Waals surface area contributed by atoms with Crippen molar-refractivity contribution in [3.63, 3.8) is 0 Å². The molecule has 160 valence electrons. The average Bonchev–Trinajstić information content (AvgIpc) is 3.15. The number of hydrogen-bond acceptors (Lipinski definition) is 5. The van der Waals surface area contributed by atoms with Gasteiger partial charge >= 0.3 is 5.97 Å². The molecule has 0 unspecified atom stereocenters. The van der Waals surface area contributed by atoms with Gasteiger partial charge < -0.3 is 14.2 Å². The van der Waals surface area contributed by atoms with E-state index in [-0.39, 0.29) is 24.8 Å². The summed E-state index contributed by atoms with van der Waals surface area (Å²) in [4.78, 5) is 24.7. The summed E-state index contributed by atoms with van der Waals surface area (Å²) in [6, 6.07) is 22.5. The van der Waals surface area contributed by atoms with Crippen molar-refractivity contribution in [3.05, 3.63) is 113 Å². The predicted octanol–water partition coefficient (Wildman–Crippen LogP) is 5.29. The van der Waals surface area contributed by atoms with Gasteiger partial charge in [-0.1, -0.05) is 72.8 Å². The zero-order chi connectivity index (χ0) is 22.3. The van der Waals surface area contributed by atoms with Crippen LogP contribution in [0.2, 0.25) is 0 Å². The second kappa shape index (κ2) is 9.79. The summed E-state index contributed by atoms with van der Waals surface area (Å²) in [6.07, 6.45) is 5.33. The number of esters is 1. The van der Waals surface area contributed by atoms with E-state index in [4.69, 9.17) is 14.2 Å². The number of carbonyl (C=O) groups is 2. The van der Waals surface area contributed by atoms with E-state index in [0.717, 1.165) is 11.1 Å². The molecule has 0 N–H and O–H groups in total. The fourth-order valence-electron chi connectivity index (χ4n) is 3.27. The SMILES string of the molecule is Cc1c(OCC(=O)OCc2ccccc2)ccc2c1O/C(=C\C=C\c1ccccc1)C2=O. The van der Waals surface area contributed by atoms with Crippen LogP contribution in [0.1, 0.15) is 27.0 Å². The van der Waals surface area contributed by atoms with Crippen LogP contribution in [0, 0.1) is 6.92 Å². The molecule has 1 aliphatic rings. The number of allylic oxidation sites excluding steroid dienone is 3. The number of rotatable bonds is 7. The smallest absolute Gasteiger partial charge is 0.344 e. The molecule has 0 spiro atoms. The van der Waals surface area contributed by atoms with Crippen molar-refractivity contribution in [2.24, 2.45) is 0 Å². The van der Waals surface area contributed by atoms with E-state index in [2.05, 4.69) is 0 Å². The average molecular weight is 426 g/mol. The Hall–Kier alpha value is -4.12. The van der Waals surface area contributed by atoms with Gasteiger partial charge in [-0.25, -0.2) is 4.79 Å². The van der Waals surface area contributed by atoms with Crippen molar-refractivity contribution in [1.82, 2.24) is 0 Å². The van der Waals surface area contributed by atoms with Crippen LogP contribution in [-0.2, 0) is 16.1 Å². The lowest BCUT2D eigenvalue weighted by Gasteiger charge is -2.11. The normalized spacial score (nSPS) is 13.8. The van der Waals surface area contributed by atoms with Crippen molar-refractivity contribution in [3.8, 4) is 11.5 Å². The van der Waals surface area contributed by atoms with Crippen molar-refractivity contribution in [2.45, 2.75) is 13.5 Å². The first-order valence-electron chi connectivity index (χ1n) is 10.2. The Morgan fingerprint density at radius 2 is 1.69 bits per heavy atom. The summed E-state index contributed by atoms with van der Waals surface area (Å²) < 4.78 is 16.7. The summed E-state index contributed by atoms with van der Waals surface area (Å²) in [7, 11) is 0. The first kappa shape index (κ1) is 21.1. The quantitative estimate of drug-likeness (QED) is 0.379. The van der Waals surface area contributed by atoms with Gasteiger partial charge in [-0.05, 0) is 36.3 Å². The van der Waals surface area contributed by atoms with Crippen LogP contribution < -0.4 is 9.47 Å². The third-order valence-electron chi connectivity index (χ3n) is 4.96. The third-order valence-corrected chi connectivity index (χ3v) is 4.96. The molecule has 1 heterocycles. The van der Waals surface area contributed by atoms with Crippen LogP contribution in [-0.4, -0.2) is 18.4 Å². The van der Waals surface area contributed by atoms with Crippen molar-refractivity contribution >= 4 is 17.8 Å². The largest absolute Gasteiger partial charge is 0.481 e. The van der Waals surface area contributed by atoms with Gasteiger partial charge in [-0.3, -0.25) is 4.79 Å². The molecule has 0 bridgehead atoms. The van der Waals surface area contributed by atoms with Gasteiger partial charge in [0, 0.05) is 5.56 Å². The monoisotopic (exact) mass is 426 g/mol. The van der Waals surface area contributed by atoms with Gasteiger partial charge in [0.1, 0.15) is 18.1 Å². The molecule has 0 atom stereocenters. The molecule has 3 aromatic carbocycles. The molecular formula is C27H22O5. The van der Waals surface area contributed by atoms with Crippen molar-refractivity contribution in [1.29, 1.82) is 0 Å². The molecule has 0 aromatic heterocycles. The van der Waals surface area contributed by atoms with E-state index in [1.165, 1.54) is 0 Å². The standard InChI is InChI=1S/C27H22O5/c1-19-23(30-18-25(28)31-17-21-11-6-3-7-12-21)16-15-22-26(29)24(32-27(19)22)14-8-13-20-9-4-2-5-10-20/h2-16H,17-18H2,1H3/b13-8+,24-14-. The Balaban J connectivity index is 1.38. The summed E-state index contributed by atoms with van der Waals surface area (Å²) in [5, 5.41) is 0. The highest BCUT2D eigenvalue weighted by molar-refractivity contribution is 6.12. The van der Waals surface area contributed by atoms with Gasteiger partial charge in [0.2, 0.25) is 5.78 Å². The molecule has 0 radical (unpaired) electrons. The molecule has 5 nitrogen and oxygen atoms in total. The topological polar surface area (TPSA) is 61.8 Å². The second-order valence-electron chi connectivity index (χ2n) is 7.23. The number of carbonyl (C=O) groups excluding carboxylic acids is 2. The molecule has 0 saturated carbocycles. The van der Waals surface area contributed by atoms with Crippen LogP contribution in [0.25, 0.3) is 6.08 Å². The molecular weight excluding hydrogens is 404 g/mol. The second-order valence-corrected chi connectivity index (χ2v) is 7.23. The molecule has 0 saturated heterocycles. The van der Waals surface area contributed by atoms with Crippen LogP contribution in [0.15, 0.2) is 90.7 Å². The van der Waals surface area contributed by atoms with Crippen LogP contribution >= 0.6 is 0 Å². The minimum absolute atomic E-state index is 0.186. The third kappa shape index (κ3) is 4.95. The maximum Gasteiger partial charge on any atom is 0.344 e. The van der Waals surface area contributed by atoms with Gasteiger partial charge in [0.05, 0.1) is 5.56 Å². The summed E-state index contributed by atoms with van der Waals surface area (Å²) in [6.45, 7) is 1.75. The van der Waals surface area contributed by atoms with E-state index in [0.29, 0.717) is 22.6 Å². The number of Topliss-reactive ketones (excluding diaryl/α,β-unsaturated/α-hetero) is 1. The summed E-state index contributed by atoms with van der Waals surface area (Å²) in [5.41, 5.74) is 3.06. The highest BCUT2D eigenvalue weighted by Gasteiger charge is 2.29. The minimum Gasteiger partial charge on any atom is -0.481 e. The lowest BCUT2D eigenvalue weighted by molar-refractivity contribution is -0.147. The zero-order valence-electron chi connectivity index (χ0n) is 17.6. The number of hydrogen-bond donors (Lipinski definition) is 0. The molecule has 5 heteroatoms. The number of ether oxygens (including phenoxy) is 3. The fourth-order valence-corrected chi connectivity index (χ4v) is 3.27. The Kier molecular flexibility index (Phi) is 6.46. The molecule has 4 rings (SSSR count). The fraction of sp³-hybridized carbons (Fsp3) is 0.111. The van der Waals surface area contributed by atoms with E-state index in [9.17, 15) is 9.59 Å². The van der Waals surface area contributed by atoms with Gasteiger partial charge in [-0.2, -0.15) is 0 Å². The van der Waals surface area contributed by atoms with Gasteiger partial charge in [-0.15, -0.1) is 0 Å². The van der Waals surface area contributed by atoms with E-state index < -0.39 is 5.97 Å². The molecule has 0 aliphatic carbocycles. The highest BCUT2D eigenvalue weighted by atomic mass is 16.6. The first-order valence-corrected chi connectivity index (χ1v) is 10.2. The maximum atomic E-state index is 12.6. The highest BCUT2D eigenvalue weighted by Crippen LogP contribution is 2.38. The van der Waals surface area contributed by atoms with Crippen LogP contribution in [0.3, 0.4) is 0 Å². The summed E-state index contributed by atoms with van der Waals surface area (Å²) >= 11 is 0. The lowest BCUT2D eigenvalue weighted by atomic mass is 10.1. The van der Waals surface area contributed by atoms with Crippen LogP contribution in [0.4, 0.5) is 0 Å². The Morgan fingerprint density at radius 1 is 0.969 bits per heavy atom. The summed E-state index contributed by atoms with van der Waals surface area (Å²) in [5.74, 6) is 0.500. The number of fused-ring (bicyclic) bond motifs is 1. The first-order chi connectivity index (χ1) is 15.6. The molecule has 1 aliphatic heterocycles. The van der Waals surface area contributed by atoms with Crippen LogP contribution in [0.5, 0.6) is 11.5 Å². The zero-order valence-corrected chi connectivity index (χ0v) is 17.6. The van der Waals surface area contributed by atoms with Gasteiger partial charge in [0.15, 0.2) is 12.4 Å². The lowest BCUT2D eigenvalue weighted by Crippen LogP contribution is -2.15. The predicted molar refractivity (Wildman–Crippen MR) is 121 cm³/mol. The molecule has 0 fully saturated rings. The minimum atomic E-state index is -0.475. The van der Waals surface area contributed by atoms with E-state index in [1.54, 1.807) is 31.2 Å².